The largest absolute Gasteiger partial charge is 0.391 e. The second-order valence-electron chi connectivity index (χ2n) is 7.59. The Labute approximate surface area is 183 Å². The van der Waals surface area contributed by atoms with Gasteiger partial charge in [0.1, 0.15) is 5.82 Å². The van der Waals surface area contributed by atoms with Crippen LogP contribution in [0, 0.1) is 12.7 Å². The Morgan fingerprint density at radius 3 is 2.97 bits per heavy atom. The topological polar surface area (TPSA) is 104 Å². The number of carbonyl (C=O) groups is 1. The van der Waals surface area contributed by atoms with Crippen molar-refractivity contribution in [3.63, 3.8) is 0 Å². The van der Waals surface area contributed by atoms with Crippen molar-refractivity contribution in [2.24, 2.45) is 5.73 Å². The molecular formula is C22H24FN5O2S. The molecule has 1 aliphatic rings. The fraction of sp³-hybridized carbons (Fsp3) is 0.318. The zero-order chi connectivity index (χ0) is 22.0. The molecule has 0 saturated carbocycles. The normalized spacial score (nSPS) is 15.1. The SMILES string of the molecule is Cc1cc(C[C@H](O)CN)cnc1C1=CCN(C(=O)Nc2nc3ccc(F)cc3s2)CC1. The molecule has 3 aromatic rings. The Bertz CT molecular complexity index is 1150. The van der Waals surface area contributed by atoms with Crippen molar-refractivity contribution >= 4 is 38.3 Å². The van der Waals surface area contributed by atoms with Crippen LogP contribution in [0.1, 0.15) is 23.2 Å². The number of carbonyl (C=O) groups excluding carboxylic acids is 1. The zero-order valence-corrected chi connectivity index (χ0v) is 18.0. The van der Waals surface area contributed by atoms with Crippen LogP contribution in [0.25, 0.3) is 15.8 Å². The molecule has 0 unspecified atom stereocenters. The quantitative estimate of drug-likeness (QED) is 0.563. The molecule has 0 fully saturated rings. The van der Waals surface area contributed by atoms with Crippen molar-refractivity contribution in [1.29, 1.82) is 0 Å². The van der Waals surface area contributed by atoms with Gasteiger partial charge >= 0.3 is 6.03 Å². The molecule has 31 heavy (non-hydrogen) atoms. The monoisotopic (exact) mass is 441 g/mol. The van der Waals surface area contributed by atoms with Gasteiger partial charge in [0.15, 0.2) is 5.13 Å². The van der Waals surface area contributed by atoms with Gasteiger partial charge in [-0.05, 0) is 48.2 Å². The minimum atomic E-state index is -0.567. The summed E-state index contributed by atoms with van der Waals surface area (Å²) in [6, 6.07) is 6.16. The number of hydrogen-bond donors (Lipinski definition) is 3. The van der Waals surface area contributed by atoms with Crippen LogP contribution in [0.4, 0.5) is 14.3 Å². The minimum Gasteiger partial charge on any atom is -0.391 e. The molecule has 162 valence electrons. The number of halogens is 1. The number of nitrogens with one attached hydrogen (secondary N) is 1. The van der Waals surface area contributed by atoms with Crippen LogP contribution >= 0.6 is 11.3 Å². The van der Waals surface area contributed by atoms with Gasteiger partial charge in [-0.1, -0.05) is 23.5 Å². The molecule has 9 heteroatoms. The summed E-state index contributed by atoms with van der Waals surface area (Å²) in [5.41, 5.74) is 10.1. The number of aliphatic hydroxyl groups excluding tert-OH is 1. The van der Waals surface area contributed by atoms with Gasteiger partial charge in [-0.2, -0.15) is 0 Å². The van der Waals surface area contributed by atoms with Gasteiger partial charge in [0.25, 0.3) is 0 Å². The van der Waals surface area contributed by atoms with Crippen LogP contribution in [-0.4, -0.2) is 51.7 Å². The van der Waals surface area contributed by atoms with E-state index in [1.807, 2.05) is 19.1 Å². The lowest BCUT2D eigenvalue weighted by molar-refractivity contribution is 0.183. The van der Waals surface area contributed by atoms with E-state index in [9.17, 15) is 14.3 Å². The fourth-order valence-electron chi connectivity index (χ4n) is 3.63. The first kappa shape index (κ1) is 21.4. The van der Waals surface area contributed by atoms with Crippen LogP contribution in [0.3, 0.4) is 0 Å². The van der Waals surface area contributed by atoms with Crippen LogP contribution in [0.15, 0.2) is 36.5 Å². The molecule has 0 saturated heterocycles. The molecule has 0 radical (unpaired) electrons. The number of aromatic nitrogens is 2. The van der Waals surface area contributed by atoms with Gasteiger partial charge in [-0.25, -0.2) is 14.2 Å². The van der Waals surface area contributed by atoms with Gasteiger partial charge in [-0.15, -0.1) is 0 Å². The first-order valence-electron chi connectivity index (χ1n) is 10.1. The number of urea groups is 1. The molecule has 1 aliphatic heterocycles. The minimum absolute atomic E-state index is 0.220. The highest BCUT2D eigenvalue weighted by atomic mass is 32.1. The van der Waals surface area contributed by atoms with E-state index >= 15 is 0 Å². The van der Waals surface area contributed by atoms with E-state index in [0.29, 0.717) is 41.3 Å². The molecule has 0 spiro atoms. The number of amides is 2. The van der Waals surface area contributed by atoms with E-state index in [2.05, 4.69) is 15.3 Å². The zero-order valence-electron chi connectivity index (χ0n) is 17.1. The number of fused-ring (bicyclic) bond motifs is 1. The Morgan fingerprint density at radius 1 is 1.42 bits per heavy atom. The number of anilines is 1. The number of thiazole rings is 1. The molecule has 4 N–H and O–H groups in total. The van der Waals surface area contributed by atoms with E-state index < -0.39 is 6.10 Å². The third-order valence-corrected chi connectivity index (χ3v) is 6.18. The predicted octanol–water partition coefficient (Wildman–Crippen LogP) is 3.32. The molecule has 1 aromatic carbocycles. The number of benzene rings is 1. The van der Waals surface area contributed by atoms with Gasteiger partial charge in [0, 0.05) is 32.3 Å². The Morgan fingerprint density at radius 2 is 2.26 bits per heavy atom. The third-order valence-electron chi connectivity index (χ3n) is 5.24. The predicted molar refractivity (Wildman–Crippen MR) is 121 cm³/mol. The van der Waals surface area contributed by atoms with Gasteiger partial charge in [0.05, 0.1) is 22.0 Å². The fourth-order valence-corrected chi connectivity index (χ4v) is 4.51. The van der Waals surface area contributed by atoms with Gasteiger partial charge in [-0.3, -0.25) is 10.3 Å². The summed E-state index contributed by atoms with van der Waals surface area (Å²) >= 11 is 1.25. The lowest BCUT2D eigenvalue weighted by Crippen LogP contribution is -2.38. The smallest absolute Gasteiger partial charge is 0.323 e. The number of nitrogens with two attached hydrogens (primary N) is 1. The summed E-state index contributed by atoms with van der Waals surface area (Å²) in [5.74, 6) is -0.324. The summed E-state index contributed by atoms with van der Waals surface area (Å²) in [5, 5.41) is 13.0. The third kappa shape index (κ3) is 4.90. The molecule has 7 nitrogen and oxygen atoms in total. The lowest BCUT2D eigenvalue weighted by Gasteiger charge is -2.26. The van der Waals surface area contributed by atoms with Crippen LogP contribution in [0.5, 0.6) is 0 Å². The molecule has 2 aromatic heterocycles. The van der Waals surface area contributed by atoms with Crippen molar-refractivity contribution in [3.05, 3.63) is 59.2 Å². The van der Waals surface area contributed by atoms with Crippen molar-refractivity contribution in [2.75, 3.05) is 25.0 Å². The lowest BCUT2D eigenvalue weighted by atomic mass is 9.98. The second kappa shape index (κ2) is 9.09. The highest BCUT2D eigenvalue weighted by Crippen LogP contribution is 2.28. The van der Waals surface area contributed by atoms with Crippen molar-refractivity contribution < 1.29 is 14.3 Å². The van der Waals surface area contributed by atoms with Crippen molar-refractivity contribution in [2.45, 2.75) is 25.9 Å². The van der Waals surface area contributed by atoms with Crippen molar-refractivity contribution in [3.8, 4) is 0 Å². The number of hydrogen-bond acceptors (Lipinski definition) is 6. The Balaban J connectivity index is 1.40. The summed E-state index contributed by atoms with van der Waals surface area (Å²) < 4.78 is 14.0. The van der Waals surface area contributed by atoms with Gasteiger partial charge in [0.2, 0.25) is 0 Å². The average molecular weight is 442 g/mol. The van der Waals surface area contributed by atoms with Crippen LogP contribution < -0.4 is 11.1 Å². The van der Waals surface area contributed by atoms with Crippen LogP contribution in [-0.2, 0) is 6.42 Å². The van der Waals surface area contributed by atoms with E-state index in [4.69, 9.17) is 5.73 Å². The number of aryl methyl sites for hydroxylation is 1. The number of rotatable bonds is 5. The molecule has 1 atom stereocenters. The maximum absolute atomic E-state index is 13.4. The molecule has 4 rings (SSSR count). The summed E-state index contributed by atoms with van der Waals surface area (Å²) in [7, 11) is 0. The van der Waals surface area contributed by atoms with E-state index in [0.717, 1.165) is 22.4 Å². The van der Waals surface area contributed by atoms with E-state index in [-0.39, 0.29) is 18.4 Å². The Hall–Kier alpha value is -2.88. The van der Waals surface area contributed by atoms with Gasteiger partial charge < -0.3 is 15.7 Å². The number of nitrogens with zero attached hydrogens (tertiary/aromatic N) is 3. The first-order valence-corrected chi connectivity index (χ1v) is 10.9. The van der Waals surface area contributed by atoms with Crippen LogP contribution in [0.2, 0.25) is 0 Å². The standard InChI is InChI=1S/C22H24FN5O2S/c1-13-8-14(9-17(29)11-24)12-25-20(13)15-4-6-28(7-5-15)22(30)27-21-26-18-3-2-16(23)10-19(18)31-21/h2-4,8,10,12,17,29H,5-7,9,11,24H2,1H3,(H,26,27,30)/t17-/m0/s1. The second-order valence-corrected chi connectivity index (χ2v) is 8.62. The molecule has 0 aliphatic carbocycles. The maximum atomic E-state index is 13.4. The molecule has 0 bridgehead atoms. The Kier molecular flexibility index (Phi) is 6.26. The number of pyridine rings is 1. The molecule has 3 heterocycles. The highest BCUT2D eigenvalue weighted by Gasteiger charge is 2.20. The van der Waals surface area contributed by atoms with E-state index in [1.54, 1.807) is 17.2 Å². The summed E-state index contributed by atoms with van der Waals surface area (Å²) in [4.78, 5) is 23.3. The summed E-state index contributed by atoms with van der Waals surface area (Å²) in [6.45, 7) is 3.25. The number of aliphatic hydroxyl groups is 1. The summed E-state index contributed by atoms with van der Waals surface area (Å²) in [6.07, 6.45) is 4.40. The average Bonchev–Trinajstić information content (AvgIpc) is 3.15. The maximum Gasteiger partial charge on any atom is 0.323 e. The first-order chi connectivity index (χ1) is 14.9. The highest BCUT2D eigenvalue weighted by molar-refractivity contribution is 7.22. The molecular weight excluding hydrogens is 417 g/mol. The van der Waals surface area contributed by atoms with E-state index in [1.165, 1.54) is 23.5 Å². The molecule has 2 amide bonds. The van der Waals surface area contributed by atoms with Crippen molar-refractivity contribution in [1.82, 2.24) is 14.9 Å².